The van der Waals surface area contributed by atoms with Crippen LogP contribution in [0.4, 0.5) is 0 Å². The molecule has 0 fully saturated rings. The summed E-state index contributed by atoms with van der Waals surface area (Å²) in [4.78, 5) is 11.8. The molecule has 2 atom stereocenters. The second-order valence-corrected chi connectivity index (χ2v) is 4.81. The fourth-order valence-corrected chi connectivity index (χ4v) is 2.17. The summed E-state index contributed by atoms with van der Waals surface area (Å²) in [6.07, 6.45) is 8.24. The number of rotatable bonds is 5. The number of H-pyrrole nitrogens is 1. The number of hydrogen-bond acceptors (Lipinski definition) is 3. The van der Waals surface area contributed by atoms with Crippen LogP contribution in [0.15, 0.2) is 18.3 Å². The lowest BCUT2D eigenvalue weighted by Gasteiger charge is -2.10. The Labute approximate surface area is 107 Å². The lowest BCUT2D eigenvalue weighted by molar-refractivity contribution is -0.123. The number of nitrogens with two attached hydrogens (primary N) is 1. The molecule has 0 saturated carbocycles. The molecule has 0 saturated heterocycles. The van der Waals surface area contributed by atoms with E-state index in [1.54, 1.807) is 0 Å². The number of aryl methyl sites for hydroxylation is 2. The highest BCUT2D eigenvalue weighted by molar-refractivity contribution is 5.81. The average Bonchev–Trinajstić information content (AvgIpc) is 2.94. The van der Waals surface area contributed by atoms with E-state index < -0.39 is 0 Å². The summed E-state index contributed by atoms with van der Waals surface area (Å²) < 4.78 is 0. The van der Waals surface area contributed by atoms with Gasteiger partial charge in [0.25, 0.3) is 0 Å². The number of amides is 1. The first-order valence-corrected chi connectivity index (χ1v) is 6.37. The van der Waals surface area contributed by atoms with Gasteiger partial charge in [0.1, 0.15) is 0 Å². The zero-order valence-electron chi connectivity index (χ0n) is 10.6. The van der Waals surface area contributed by atoms with Crippen molar-refractivity contribution in [3.8, 4) is 0 Å². The molecule has 5 heteroatoms. The first kappa shape index (κ1) is 12.8. The molecule has 1 amide bonds. The van der Waals surface area contributed by atoms with Gasteiger partial charge < -0.3 is 11.1 Å². The molecular weight excluding hydrogens is 228 g/mol. The van der Waals surface area contributed by atoms with Gasteiger partial charge in [0.15, 0.2) is 0 Å². The van der Waals surface area contributed by atoms with E-state index in [2.05, 4.69) is 15.5 Å². The van der Waals surface area contributed by atoms with Crippen molar-refractivity contribution in [1.29, 1.82) is 0 Å². The number of carbonyl (C=O) groups is 1. The minimum absolute atomic E-state index is 0.0364. The maximum absolute atomic E-state index is 11.8. The van der Waals surface area contributed by atoms with Crippen molar-refractivity contribution in [1.82, 2.24) is 15.5 Å². The van der Waals surface area contributed by atoms with E-state index in [0.717, 1.165) is 25.0 Å². The van der Waals surface area contributed by atoms with E-state index in [9.17, 15) is 4.79 Å². The third-order valence-corrected chi connectivity index (χ3v) is 3.31. The molecule has 5 nitrogen and oxygen atoms in total. The molecule has 2 rings (SSSR count). The van der Waals surface area contributed by atoms with Gasteiger partial charge in [-0.05, 0) is 31.7 Å². The van der Waals surface area contributed by atoms with Crippen LogP contribution in [0.3, 0.4) is 0 Å². The second kappa shape index (κ2) is 5.82. The van der Waals surface area contributed by atoms with Gasteiger partial charge in [0, 0.05) is 18.3 Å². The van der Waals surface area contributed by atoms with Crippen LogP contribution in [-0.2, 0) is 11.2 Å². The average molecular weight is 248 g/mol. The number of nitrogens with one attached hydrogen (secondary N) is 2. The van der Waals surface area contributed by atoms with Gasteiger partial charge in [-0.15, -0.1) is 0 Å². The van der Waals surface area contributed by atoms with E-state index in [4.69, 9.17) is 5.73 Å². The maximum Gasteiger partial charge on any atom is 0.226 e. The monoisotopic (exact) mass is 248 g/mol. The number of carbonyl (C=O) groups excluding carboxylic acids is 1. The van der Waals surface area contributed by atoms with E-state index in [0.29, 0.717) is 6.54 Å². The molecule has 18 heavy (non-hydrogen) atoms. The predicted molar refractivity (Wildman–Crippen MR) is 69.9 cm³/mol. The van der Waals surface area contributed by atoms with E-state index in [1.165, 1.54) is 5.56 Å². The van der Waals surface area contributed by atoms with E-state index in [1.807, 2.05) is 25.3 Å². The van der Waals surface area contributed by atoms with Crippen LogP contribution < -0.4 is 11.1 Å². The van der Waals surface area contributed by atoms with Gasteiger partial charge in [-0.3, -0.25) is 9.89 Å². The zero-order valence-corrected chi connectivity index (χ0v) is 10.6. The minimum Gasteiger partial charge on any atom is -0.356 e. The number of aromatic amines is 1. The standard InChI is InChI=1S/C13H20N4O/c1-9-11(8-16-17-9)3-2-6-15-13(18)10-4-5-12(14)7-10/h4-5,8,10,12H,2-3,6-7,14H2,1H3,(H,15,18)(H,16,17). The molecule has 0 spiro atoms. The summed E-state index contributed by atoms with van der Waals surface area (Å²) in [5, 5.41) is 9.83. The van der Waals surface area contributed by atoms with Crippen molar-refractivity contribution in [3.63, 3.8) is 0 Å². The highest BCUT2D eigenvalue weighted by Gasteiger charge is 2.21. The smallest absolute Gasteiger partial charge is 0.226 e. The molecular formula is C13H20N4O. The van der Waals surface area contributed by atoms with Crippen LogP contribution in [0.1, 0.15) is 24.1 Å². The highest BCUT2D eigenvalue weighted by atomic mass is 16.1. The summed E-state index contributed by atoms with van der Waals surface area (Å²) in [7, 11) is 0. The Balaban J connectivity index is 1.65. The molecule has 0 aromatic carbocycles. The van der Waals surface area contributed by atoms with Gasteiger partial charge in [0.05, 0.1) is 12.1 Å². The molecule has 0 aliphatic heterocycles. The minimum atomic E-state index is -0.0457. The molecule has 0 bridgehead atoms. The Morgan fingerprint density at radius 1 is 1.61 bits per heavy atom. The molecule has 2 unspecified atom stereocenters. The predicted octanol–water partition coefficient (Wildman–Crippen LogP) is 0.670. The number of hydrogen-bond donors (Lipinski definition) is 3. The quantitative estimate of drug-likeness (QED) is 0.529. The van der Waals surface area contributed by atoms with Crippen molar-refractivity contribution < 1.29 is 4.79 Å². The van der Waals surface area contributed by atoms with Crippen molar-refractivity contribution in [2.75, 3.05) is 6.54 Å². The molecule has 1 aliphatic carbocycles. The first-order valence-electron chi connectivity index (χ1n) is 6.37. The largest absolute Gasteiger partial charge is 0.356 e. The van der Waals surface area contributed by atoms with Gasteiger partial charge >= 0.3 is 0 Å². The lowest BCUT2D eigenvalue weighted by Crippen LogP contribution is -2.31. The third kappa shape index (κ3) is 3.20. The lowest BCUT2D eigenvalue weighted by atomic mass is 10.1. The molecule has 1 aliphatic rings. The Morgan fingerprint density at radius 2 is 2.44 bits per heavy atom. The summed E-state index contributed by atoms with van der Waals surface area (Å²) >= 11 is 0. The van der Waals surface area contributed by atoms with Crippen LogP contribution in [0.2, 0.25) is 0 Å². The Hall–Kier alpha value is -1.62. The first-order chi connectivity index (χ1) is 8.66. The zero-order chi connectivity index (χ0) is 13.0. The summed E-state index contributed by atoms with van der Waals surface area (Å²) in [6, 6.07) is 0.0364. The molecule has 1 aromatic rings. The molecule has 98 valence electrons. The van der Waals surface area contributed by atoms with Crippen molar-refractivity contribution in [2.45, 2.75) is 32.2 Å². The van der Waals surface area contributed by atoms with Gasteiger partial charge in [-0.2, -0.15) is 5.10 Å². The normalized spacial score (nSPS) is 22.3. The fourth-order valence-electron chi connectivity index (χ4n) is 2.17. The molecule has 4 N–H and O–H groups in total. The van der Waals surface area contributed by atoms with Crippen LogP contribution in [0.5, 0.6) is 0 Å². The Bertz CT molecular complexity index is 438. The highest BCUT2D eigenvalue weighted by Crippen LogP contribution is 2.16. The van der Waals surface area contributed by atoms with Gasteiger partial charge in [-0.1, -0.05) is 12.2 Å². The van der Waals surface area contributed by atoms with Crippen LogP contribution >= 0.6 is 0 Å². The van der Waals surface area contributed by atoms with Crippen LogP contribution in [0.25, 0.3) is 0 Å². The van der Waals surface area contributed by atoms with E-state index >= 15 is 0 Å². The van der Waals surface area contributed by atoms with E-state index in [-0.39, 0.29) is 17.9 Å². The fraction of sp³-hybridized carbons (Fsp3) is 0.538. The molecule has 1 heterocycles. The van der Waals surface area contributed by atoms with Crippen LogP contribution in [0, 0.1) is 12.8 Å². The summed E-state index contributed by atoms with van der Waals surface area (Å²) in [6.45, 7) is 2.70. The topological polar surface area (TPSA) is 83.8 Å². The van der Waals surface area contributed by atoms with Gasteiger partial charge in [0.2, 0.25) is 5.91 Å². The number of aromatic nitrogens is 2. The SMILES string of the molecule is Cc1[nH]ncc1CCCNC(=O)C1C=CC(N)C1. The Morgan fingerprint density at radius 3 is 3.06 bits per heavy atom. The summed E-state index contributed by atoms with van der Waals surface area (Å²) in [5.74, 6) is 0.0405. The van der Waals surface area contributed by atoms with Crippen LogP contribution in [-0.4, -0.2) is 28.7 Å². The van der Waals surface area contributed by atoms with Crippen molar-refractivity contribution in [2.24, 2.45) is 11.7 Å². The maximum atomic E-state index is 11.8. The molecule has 0 radical (unpaired) electrons. The summed E-state index contributed by atoms with van der Waals surface area (Å²) in [5.41, 5.74) is 8.04. The third-order valence-electron chi connectivity index (χ3n) is 3.31. The molecule has 1 aromatic heterocycles. The number of nitrogens with zero attached hydrogens (tertiary/aromatic N) is 1. The van der Waals surface area contributed by atoms with Gasteiger partial charge in [-0.25, -0.2) is 0 Å². The Kier molecular flexibility index (Phi) is 4.15. The second-order valence-electron chi connectivity index (χ2n) is 4.81. The van der Waals surface area contributed by atoms with Crippen molar-refractivity contribution in [3.05, 3.63) is 29.6 Å². The van der Waals surface area contributed by atoms with Crippen molar-refractivity contribution >= 4 is 5.91 Å².